The minimum absolute atomic E-state index is 0.0961. The average Bonchev–Trinajstić information content (AvgIpc) is 2.90. The lowest BCUT2D eigenvalue weighted by Crippen LogP contribution is -2.39. The van der Waals surface area contributed by atoms with E-state index in [1.807, 2.05) is 27.7 Å². The Hall–Kier alpha value is -2.94. The van der Waals surface area contributed by atoms with Gasteiger partial charge in [-0.3, -0.25) is 19.2 Å². The van der Waals surface area contributed by atoms with E-state index in [4.69, 9.17) is 24.7 Å². The zero-order chi connectivity index (χ0) is 30.1. The Morgan fingerprint density at radius 1 is 0.750 bits per heavy atom. The summed E-state index contributed by atoms with van der Waals surface area (Å²) in [5, 5.41) is 0. The molecule has 0 aliphatic rings. The van der Waals surface area contributed by atoms with Crippen molar-refractivity contribution in [2.45, 2.75) is 130 Å². The summed E-state index contributed by atoms with van der Waals surface area (Å²) in [5.41, 5.74) is 6.73. The van der Waals surface area contributed by atoms with E-state index >= 15 is 0 Å². The summed E-state index contributed by atoms with van der Waals surface area (Å²) >= 11 is 0. The summed E-state index contributed by atoms with van der Waals surface area (Å²) in [7, 11) is 0. The maximum absolute atomic E-state index is 12.7. The first-order chi connectivity index (χ1) is 19.0. The molecule has 1 aromatic rings. The maximum atomic E-state index is 12.7. The highest BCUT2D eigenvalue weighted by Crippen LogP contribution is 2.30. The summed E-state index contributed by atoms with van der Waals surface area (Å²) < 4.78 is 21.9. The van der Waals surface area contributed by atoms with Crippen molar-refractivity contribution in [1.82, 2.24) is 0 Å². The van der Waals surface area contributed by atoms with E-state index in [1.165, 1.54) is 0 Å². The molecule has 0 aliphatic heterocycles. The summed E-state index contributed by atoms with van der Waals surface area (Å²) in [6.45, 7) is 11.4. The molecule has 0 fully saturated rings. The second-order valence-corrected chi connectivity index (χ2v) is 10.5. The van der Waals surface area contributed by atoms with Gasteiger partial charge in [-0.05, 0) is 56.7 Å². The van der Waals surface area contributed by atoms with Gasteiger partial charge >= 0.3 is 23.9 Å². The van der Waals surface area contributed by atoms with Gasteiger partial charge in [-0.1, -0.05) is 65.9 Å². The van der Waals surface area contributed by atoms with Crippen molar-refractivity contribution < 1.29 is 38.1 Å². The Kier molecular flexibility index (Phi) is 16.8. The Bertz CT molecular complexity index is 947. The number of nitrogens with two attached hydrogens (primary N) is 1. The van der Waals surface area contributed by atoms with Crippen LogP contribution in [0.2, 0.25) is 0 Å². The fraction of sp³-hybridized carbons (Fsp3) is 0.677. The molecular formula is C31H49NO8. The topological polar surface area (TPSA) is 131 Å². The number of benzene rings is 1. The van der Waals surface area contributed by atoms with Gasteiger partial charge < -0.3 is 24.7 Å². The molecule has 0 saturated carbocycles. The lowest BCUT2D eigenvalue weighted by Gasteiger charge is -2.23. The van der Waals surface area contributed by atoms with Gasteiger partial charge in [0.05, 0.1) is 0 Å². The number of carbonyl (C=O) groups excluding carboxylic acids is 4. The van der Waals surface area contributed by atoms with Crippen molar-refractivity contribution in [3.05, 3.63) is 23.8 Å². The molecule has 1 unspecified atom stereocenters. The smallest absolute Gasteiger partial charge is 0.323 e. The Morgan fingerprint density at radius 3 is 1.85 bits per heavy atom. The van der Waals surface area contributed by atoms with E-state index < -0.39 is 36.2 Å². The van der Waals surface area contributed by atoms with Crippen molar-refractivity contribution in [3.8, 4) is 11.5 Å². The second kappa shape index (κ2) is 19.2. The van der Waals surface area contributed by atoms with Crippen molar-refractivity contribution >= 4 is 23.9 Å². The van der Waals surface area contributed by atoms with Crippen LogP contribution in [0.4, 0.5) is 0 Å². The summed E-state index contributed by atoms with van der Waals surface area (Å²) in [6, 6.07) is 3.75. The predicted molar refractivity (Wildman–Crippen MR) is 153 cm³/mol. The van der Waals surface area contributed by atoms with Crippen LogP contribution in [0.5, 0.6) is 11.5 Å². The third-order valence-electron chi connectivity index (χ3n) is 6.68. The van der Waals surface area contributed by atoms with E-state index in [0.717, 1.165) is 32.1 Å². The van der Waals surface area contributed by atoms with E-state index in [9.17, 15) is 19.2 Å². The second-order valence-electron chi connectivity index (χ2n) is 10.5. The largest absolute Gasteiger partial charge is 0.459 e. The van der Waals surface area contributed by atoms with Crippen LogP contribution in [-0.2, 0) is 35.1 Å². The molecule has 0 saturated heterocycles. The van der Waals surface area contributed by atoms with Crippen LogP contribution in [0.25, 0.3) is 0 Å². The van der Waals surface area contributed by atoms with Gasteiger partial charge in [-0.15, -0.1) is 0 Å². The molecule has 2 N–H and O–H groups in total. The third kappa shape index (κ3) is 13.9. The van der Waals surface area contributed by atoms with Crippen LogP contribution in [0.3, 0.4) is 0 Å². The van der Waals surface area contributed by atoms with Crippen LogP contribution in [0, 0.1) is 5.92 Å². The van der Waals surface area contributed by atoms with Crippen LogP contribution in [0.1, 0.15) is 111 Å². The van der Waals surface area contributed by atoms with E-state index in [2.05, 4.69) is 0 Å². The molecule has 226 valence electrons. The Labute approximate surface area is 239 Å². The summed E-state index contributed by atoms with van der Waals surface area (Å²) in [4.78, 5) is 49.5. The van der Waals surface area contributed by atoms with Crippen molar-refractivity contribution in [2.75, 3.05) is 0 Å². The maximum Gasteiger partial charge on any atom is 0.323 e. The third-order valence-corrected chi connectivity index (χ3v) is 6.68. The number of ether oxygens (including phenoxy) is 4. The van der Waals surface area contributed by atoms with Crippen molar-refractivity contribution in [2.24, 2.45) is 11.7 Å². The molecule has 1 aromatic carbocycles. The van der Waals surface area contributed by atoms with Crippen LogP contribution in [-0.4, -0.2) is 42.1 Å². The highest BCUT2D eigenvalue weighted by atomic mass is 16.6. The Balaban J connectivity index is 2.87. The minimum Gasteiger partial charge on any atom is -0.459 e. The number of hydrogen-bond donors (Lipinski definition) is 1. The zero-order valence-electron chi connectivity index (χ0n) is 25.2. The molecule has 4 atom stereocenters. The van der Waals surface area contributed by atoms with Gasteiger partial charge in [0.1, 0.15) is 18.2 Å². The zero-order valence-corrected chi connectivity index (χ0v) is 25.2. The molecule has 0 amide bonds. The molecule has 0 bridgehead atoms. The van der Waals surface area contributed by atoms with Crippen LogP contribution in [0.15, 0.2) is 18.2 Å². The number of carbonyl (C=O) groups is 4. The van der Waals surface area contributed by atoms with Gasteiger partial charge in [0, 0.05) is 19.3 Å². The first-order valence-electron chi connectivity index (χ1n) is 14.7. The number of esters is 4. The fourth-order valence-corrected chi connectivity index (χ4v) is 3.71. The number of rotatable bonds is 19. The first kappa shape index (κ1) is 35.1. The molecule has 0 spiro atoms. The number of unbranched alkanes of at least 4 members (excludes halogenated alkanes) is 4. The van der Waals surface area contributed by atoms with E-state index in [0.29, 0.717) is 24.8 Å². The van der Waals surface area contributed by atoms with Gasteiger partial charge in [-0.25, -0.2) is 0 Å². The highest BCUT2D eigenvalue weighted by Gasteiger charge is 2.25. The van der Waals surface area contributed by atoms with Gasteiger partial charge in [0.15, 0.2) is 11.5 Å². The SMILES string of the molecule is CCCCCC(=O)Oc1ccc(C[C@H](N)C(=O)O[C@@H](C)[C@H](C)OC(=O)CC(C)CC)cc1OC(=O)CCCCC. The molecule has 0 aliphatic carbocycles. The van der Waals surface area contributed by atoms with Crippen molar-refractivity contribution in [1.29, 1.82) is 0 Å². The molecule has 0 radical (unpaired) electrons. The van der Waals surface area contributed by atoms with Crippen molar-refractivity contribution in [3.63, 3.8) is 0 Å². The summed E-state index contributed by atoms with van der Waals surface area (Å²) in [6.07, 6.45) is 5.63. The molecule has 40 heavy (non-hydrogen) atoms. The lowest BCUT2D eigenvalue weighted by molar-refractivity contribution is -0.166. The quantitative estimate of drug-likeness (QED) is 0.125. The minimum atomic E-state index is -1.01. The molecule has 0 heterocycles. The summed E-state index contributed by atoms with van der Waals surface area (Å²) in [5.74, 6) is -1.35. The molecule has 0 aromatic heterocycles. The van der Waals surface area contributed by atoms with Gasteiger partial charge in [0.2, 0.25) is 0 Å². The molecule has 9 heteroatoms. The Morgan fingerprint density at radius 2 is 1.30 bits per heavy atom. The standard InChI is InChI=1S/C31H49NO8/c1-7-10-12-14-28(33)39-26-17-16-24(20-27(26)40-29(34)15-13-11-8-2)19-25(32)31(36)38-23(6)22(5)37-30(35)18-21(4)9-3/h16-17,20-23,25H,7-15,18-19,32H2,1-6H3/t21?,22-,23-,25-/m0/s1. The predicted octanol–water partition coefficient (Wildman–Crippen LogP) is 5.83. The van der Waals surface area contributed by atoms with E-state index in [-0.39, 0.29) is 42.6 Å². The van der Waals surface area contributed by atoms with Crippen LogP contribution >= 0.6 is 0 Å². The monoisotopic (exact) mass is 563 g/mol. The average molecular weight is 564 g/mol. The molecule has 1 rings (SSSR count). The highest BCUT2D eigenvalue weighted by molar-refractivity contribution is 5.77. The van der Waals surface area contributed by atoms with Gasteiger partial charge in [0.25, 0.3) is 0 Å². The molecular weight excluding hydrogens is 514 g/mol. The normalized spacial score (nSPS) is 14.0. The number of hydrogen-bond acceptors (Lipinski definition) is 9. The fourth-order valence-electron chi connectivity index (χ4n) is 3.71. The van der Waals surface area contributed by atoms with Crippen LogP contribution < -0.4 is 15.2 Å². The molecule has 9 nitrogen and oxygen atoms in total. The van der Waals surface area contributed by atoms with E-state index in [1.54, 1.807) is 32.0 Å². The lowest BCUT2D eigenvalue weighted by atomic mass is 10.1. The first-order valence-corrected chi connectivity index (χ1v) is 14.7. The van der Waals surface area contributed by atoms with Gasteiger partial charge in [-0.2, -0.15) is 0 Å².